The van der Waals surface area contributed by atoms with E-state index >= 15 is 0 Å². The van der Waals surface area contributed by atoms with Crippen LogP contribution in [0.4, 0.5) is 0 Å². The van der Waals surface area contributed by atoms with Crippen LogP contribution >= 0.6 is 0 Å². The Morgan fingerprint density at radius 1 is 1.30 bits per heavy atom. The Morgan fingerprint density at radius 3 is 2.85 bits per heavy atom. The molecule has 1 aromatic heterocycles. The molecule has 1 heterocycles. The zero-order valence-electron chi connectivity index (χ0n) is 11.9. The van der Waals surface area contributed by atoms with Crippen molar-refractivity contribution in [1.82, 2.24) is 5.32 Å². The Morgan fingerprint density at radius 2 is 2.15 bits per heavy atom. The second-order valence-corrected chi connectivity index (χ2v) is 4.90. The number of hydrogen-bond acceptors (Lipinski definition) is 4. The van der Waals surface area contributed by atoms with Crippen LogP contribution in [-0.4, -0.2) is 18.3 Å². The molecule has 108 valence electrons. The third-order valence-corrected chi connectivity index (χ3v) is 3.24. The molecule has 2 unspecified atom stereocenters. The van der Waals surface area contributed by atoms with Crippen LogP contribution < -0.4 is 10.1 Å². The predicted molar refractivity (Wildman–Crippen MR) is 77.6 cm³/mol. The summed E-state index contributed by atoms with van der Waals surface area (Å²) in [6.07, 6.45) is 1.61. The number of furan rings is 1. The lowest BCUT2D eigenvalue weighted by Gasteiger charge is -2.17. The molecule has 2 aromatic rings. The number of aliphatic hydroxyl groups excluding tert-OH is 1. The maximum atomic E-state index is 10.0. The monoisotopic (exact) mass is 275 g/mol. The standard InChI is InChI=1S/C16H21NO3/c1-12(9-15(18)16-7-4-8-20-16)17-11-13-5-3-6-14(10-13)19-2/h3-8,10,12,15,17-18H,9,11H2,1-2H3. The van der Waals surface area contributed by atoms with E-state index in [-0.39, 0.29) is 6.04 Å². The van der Waals surface area contributed by atoms with Gasteiger partial charge in [0.25, 0.3) is 0 Å². The fraction of sp³-hybridized carbons (Fsp3) is 0.375. The summed E-state index contributed by atoms with van der Waals surface area (Å²) in [7, 11) is 1.66. The summed E-state index contributed by atoms with van der Waals surface area (Å²) in [6.45, 7) is 2.79. The number of methoxy groups -OCH3 is 1. The highest BCUT2D eigenvalue weighted by molar-refractivity contribution is 5.28. The first-order valence-corrected chi connectivity index (χ1v) is 6.77. The van der Waals surface area contributed by atoms with Gasteiger partial charge in [0.1, 0.15) is 17.6 Å². The zero-order chi connectivity index (χ0) is 14.4. The SMILES string of the molecule is COc1cccc(CNC(C)CC(O)c2ccco2)c1. The summed E-state index contributed by atoms with van der Waals surface area (Å²) in [5.41, 5.74) is 1.16. The molecule has 2 N–H and O–H groups in total. The maximum Gasteiger partial charge on any atom is 0.132 e. The Hall–Kier alpha value is -1.78. The van der Waals surface area contributed by atoms with Gasteiger partial charge in [-0.1, -0.05) is 12.1 Å². The number of ether oxygens (including phenoxy) is 1. The third kappa shape index (κ3) is 4.11. The highest BCUT2D eigenvalue weighted by Crippen LogP contribution is 2.19. The molecule has 0 saturated heterocycles. The highest BCUT2D eigenvalue weighted by Gasteiger charge is 2.14. The van der Waals surface area contributed by atoms with Crippen molar-refractivity contribution in [3.05, 3.63) is 54.0 Å². The van der Waals surface area contributed by atoms with Crippen molar-refractivity contribution in [3.8, 4) is 5.75 Å². The van der Waals surface area contributed by atoms with Gasteiger partial charge >= 0.3 is 0 Å². The van der Waals surface area contributed by atoms with E-state index in [1.807, 2.05) is 31.2 Å². The van der Waals surface area contributed by atoms with Crippen LogP contribution in [0.3, 0.4) is 0 Å². The maximum absolute atomic E-state index is 10.0. The number of rotatable bonds is 7. The largest absolute Gasteiger partial charge is 0.497 e. The molecule has 2 atom stereocenters. The summed E-state index contributed by atoms with van der Waals surface area (Å²) in [5, 5.41) is 13.4. The van der Waals surface area contributed by atoms with Gasteiger partial charge in [0.2, 0.25) is 0 Å². The molecule has 0 aliphatic heterocycles. The lowest BCUT2D eigenvalue weighted by atomic mass is 10.1. The van der Waals surface area contributed by atoms with Gasteiger partial charge in [-0.25, -0.2) is 0 Å². The predicted octanol–water partition coefficient (Wildman–Crippen LogP) is 2.89. The van der Waals surface area contributed by atoms with Crippen molar-refractivity contribution < 1.29 is 14.3 Å². The Balaban J connectivity index is 1.81. The lowest BCUT2D eigenvalue weighted by molar-refractivity contribution is 0.128. The molecule has 0 saturated carbocycles. The second kappa shape index (κ2) is 7.12. The number of benzene rings is 1. The molecule has 0 fully saturated rings. The first-order valence-electron chi connectivity index (χ1n) is 6.77. The molecular formula is C16H21NO3. The van der Waals surface area contributed by atoms with Gasteiger partial charge in [0.15, 0.2) is 0 Å². The summed E-state index contributed by atoms with van der Waals surface area (Å²) in [5.74, 6) is 1.47. The molecule has 4 nitrogen and oxygen atoms in total. The van der Waals surface area contributed by atoms with Gasteiger partial charge in [-0.2, -0.15) is 0 Å². The molecule has 1 aromatic carbocycles. The molecule has 0 radical (unpaired) electrons. The molecular weight excluding hydrogens is 254 g/mol. The quantitative estimate of drug-likeness (QED) is 0.816. The summed E-state index contributed by atoms with van der Waals surface area (Å²) < 4.78 is 10.4. The van der Waals surface area contributed by atoms with E-state index in [4.69, 9.17) is 9.15 Å². The molecule has 0 spiro atoms. The third-order valence-electron chi connectivity index (χ3n) is 3.24. The zero-order valence-corrected chi connectivity index (χ0v) is 11.9. The molecule has 0 bridgehead atoms. The van der Waals surface area contributed by atoms with Gasteiger partial charge in [0, 0.05) is 12.6 Å². The van der Waals surface area contributed by atoms with E-state index in [1.54, 1.807) is 25.5 Å². The Kier molecular flexibility index (Phi) is 5.21. The van der Waals surface area contributed by atoms with E-state index in [9.17, 15) is 5.11 Å². The van der Waals surface area contributed by atoms with Crippen molar-refractivity contribution in [1.29, 1.82) is 0 Å². The van der Waals surface area contributed by atoms with Crippen LogP contribution in [0, 0.1) is 0 Å². The molecule has 4 heteroatoms. The van der Waals surface area contributed by atoms with Crippen molar-refractivity contribution in [2.24, 2.45) is 0 Å². The van der Waals surface area contributed by atoms with Crippen molar-refractivity contribution in [2.45, 2.75) is 32.0 Å². The number of hydrogen-bond donors (Lipinski definition) is 2. The Labute approximate surface area is 119 Å². The average Bonchev–Trinajstić information content (AvgIpc) is 2.99. The first kappa shape index (κ1) is 14.6. The van der Waals surface area contributed by atoms with E-state index in [0.29, 0.717) is 12.2 Å². The number of aliphatic hydroxyl groups is 1. The summed E-state index contributed by atoms with van der Waals surface area (Å²) in [6, 6.07) is 11.7. The summed E-state index contributed by atoms with van der Waals surface area (Å²) >= 11 is 0. The minimum atomic E-state index is -0.571. The lowest BCUT2D eigenvalue weighted by Crippen LogP contribution is -2.27. The van der Waals surface area contributed by atoms with Gasteiger partial charge in [-0.3, -0.25) is 0 Å². The molecule has 0 amide bonds. The van der Waals surface area contributed by atoms with E-state index in [0.717, 1.165) is 17.9 Å². The van der Waals surface area contributed by atoms with Crippen LogP contribution in [0.15, 0.2) is 47.1 Å². The normalized spacial score (nSPS) is 13.9. The van der Waals surface area contributed by atoms with Crippen molar-refractivity contribution in [2.75, 3.05) is 7.11 Å². The van der Waals surface area contributed by atoms with Crippen molar-refractivity contribution >= 4 is 0 Å². The highest BCUT2D eigenvalue weighted by atomic mass is 16.5. The Bertz CT molecular complexity index is 510. The van der Waals surface area contributed by atoms with Crippen LogP contribution in [0.25, 0.3) is 0 Å². The fourth-order valence-corrected chi connectivity index (χ4v) is 2.09. The van der Waals surface area contributed by atoms with E-state index in [2.05, 4.69) is 5.32 Å². The molecule has 2 rings (SSSR count). The van der Waals surface area contributed by atoms with Gasteiger partial charge in [-0.05, 0) is 43.2 Å². The summed E-state index contributed by atoms with van der Waals surface area (Å²) in [4.78, 5) is 0. The van der Waals surface area contributed by atoms with E-state index < -0.39 is 6.10 Å². The smallest absolute Gasteiger partial charge is 0.132 e. The van der Waals surface area contributed by atoms with Crippen molar-refractivity contribution in [3.63, 3.8) is 0 Å². The van der Waals surface area contributed by atoms with Crippen LogP contribution in [0.5, 0.6) is 5.75 Å². The fourth-order valence-electron chi connectivity index (χ4n) is 2.09. The first-order chi connectivity index (χ1) is 9.69. The molecule has 20 heavy (non-hydrogen) atoms. The van der Waals surface area contributed by atoms with Gasteiger partial charge in [-0.15, -0.1) is 0 Å². The van der Waals surface area contributed by atoms with Crippen LogP contribution in [0.1, 0.15) is 30.8 Å². The van der Waals surface area contributed by atoms with Crippen LogP contribution in [0.2, 0.25) is 0 Å². The average molecular weight is 275 g/mol. The van der Waals surface area contributed by atoms with E-state index in [1.165, 1.54) is 0 Å². The molecule has 0 aliphatic carbocycles. The van der Waals surface area contributed by atoms with Crippen LogP contribution in [-0.2, 0) is 6.54 Å². The second-order valence-electron chi connectivity index (χ2n) is 4.90. The minimum Gasteiger partial charge on any atom is -0.497 e. The van der Waals surface area contributed by atoms with Gasteiger partial charge < -0.3 is 19.6 Å². The number of nitrogens with one attached hydrogen (secondary N) is 1. The minimum absolute atomic E-state index is 0.182. The topological polar surface area (TPSA) is 54.6 Å². The van der Waals surface area contributed by atoms with Gasteiger partial charge in [0.05, 0.1) is 13.4 Å². The molecule has 0 aliphatic rings.